The number of piperazine rings is 1. The first-order valence-electron chi connectivity index (χ1n) is 16.8. The van der Waals surface area contributed by atoms with E-state index in [1.54, 1.807) is 4.90 Å². The third-order valence-corrected chi connectivity index (χ3v) is 10.5. The molecule has 2 aromatic heterocycles. The Hall–Kier alpha value is -4.81. The minimum Gasteiger partial charge on any atom is -0.508 e. The van der Waals surface area contributed by atoms with Gasteiger partial charge in [-0.25, -0.2) is 8.78 Å². The molecule has 4 fully saturated rings. The van der Waals surface area contributed by atoms with Gasteiger partial charge in [0.1, 0.15) is 28.6 Å². The van der Waals surface area contributed by atoms with Gasteiger partial charge < -0.3 is 24.4 Å². The van der Waals surface area contributed by atoms with Crippen molar-refractivity contribution in [2.24, 2.45) is 5.41 Å². The highest BCUT2D eigenvalue weighted by Gasteiger charge is 2.52. The van der Waals surface area contributed by atoms with Crippen LogP contribution < -0.4 is 9.64 Å². The Morgan fingerprint density at radius 2 is 1.82 bits per heavy atom. The summed E-state index contributed by atoms with van der Waals surface area (Å²) in [6.07, 6.45) is 4.58. The number of halogens is 5. The number of ether oxygens (including phenoxy) is 2. The van der Waals surface area contributed by atoms with Crippen LogP contribution in [-0.4, -0.2) is 107 Å². The van der Waals surface area contributed by atoms with Gasteiger partial charge >= 0.3 is 18.1 Å². The molecule has 10 nitrogen and oxygen atoms in total. The topological polar surface area (TPSA) is 104 Å². The summed E-state index contributed by atoms with van der Waals surface area (Å²) < 4.78 is 83.9. The van der Waals surface area contributed by atoms with E-state index in [-0.39, 0.29) is 75.8 Å². The molecule has 15 heteroatoms. The molecular formula is C36H33F5N6O4. The molecule has 4 aromatic rings. The maximum absolute atomic E-state index is 16.9. The number of amides is 1. The van der Waals surface area contributed by atoms with E-state index in [9.17, 15) is 27.5 Å². The number of carbonyl (C=O) groups excluding carboxylic acids is 1. The first kappa shape index (κ1) is 33.3. The summed E-state index contributed by atoms with van der Waals surface area (Å²) >= 11 is 0. The van der Waals surface area contributed by atoms with Gasteiger partial charge in [-0.2, -0.15) is 23.1 Å². The molecule has 4 aliphatic rings. The fourth-order valence-corrected chi connectivity index (χ4v) is 7.80. The molecule has 2 atom stereocenters. The van der Waals surface area contributed by atoms with E-state index in [1.807, 2.05) is 0 Å². The zero-order valence-electron chi connectivity index (χ0n) is 27.3. The quantitative estimate of drug-likeness (QED) is 0.209. The largest absolute Gasteiger partial charge is 0.508 e. The smallest absolute Gasteiger partial charge is 0.471 e. The van der Waals surface area contributed by atoms with Crippen LogP contribution in [0.15, 0.2) is 30.5 Å². The predicted octanol–water partition coefficient (Wildman–Crippen LogP) is 5.04. The number of terminal acetylenes is 1. The summed E-state index contributed by atoms with van der Waals surface area (Å²) in [5.41, 5.74) is -0.675. The summed E-state index contributed by atoms with van der Waals surface area (Å²) in [5.74, 6) is -1.19. The predicted molar refractivity (Wildman–Crippen MR) is 176 cm³/mol. The van der Waals surface area contributed by atoms with E-state index in [0.29, 0.717) is 31.4 Å². The highest BCUT2D eigenvalue weighted by atomic mass is 19.4. The Labute approximate surface area is 289 Å². The number of aromatic nitrogens is 3. The van der Waals surface area contributed by atoms with Crippen LogP contribution in [0.1, 0.15) is 31.2 Å². The number of benzene rings is 2. The number of anilines is 1. The van der Waals surface area contributed by atoms with Crippen LogP contribution in [0.25, 0.3) is 32.9 Å². The summed E-state index contributed by atoms with van der Waals surface area (Å²) in [4.78, 5) is 30.8. The van der Waals surface area contributed by atoms with E-state index in [4.69, 9.17) is 15.9 Å². The van der Waals surface area contributed by atoms with E-state index in [0.717, 1.165) is 43.4 Å². The fraction of sp³-hybridized carbons (Fsp3) is 0.444. The van der Waals surface area contributed by atoms with Gasteiger partial charge in [0.2, 0.25) is 0 Å². The number of phenols is 1. The van der Waals surface area contributed by atoms with E-state index in [1.165, 1.54) is 24.4 Å². The molecule has 0 unspecified atom stereocenters. The Morgan fingerprint density at radius 1 is 1.10 bits per heavy atom. The summed E-state index contributed by atoms with van der Waals surface area (Å²) in [5, 5.41) is 11.3. The van der Waals surface area contributed by atoms with Crippen LogP contribution in [0.5, 0.6) is 11.8 Å². The van der Waals surface area contributed by atoms with Gasteiger partial charge in [0.05, 0.1) is 42.9 Å². The van der Waals surface area contributed by atoms with Crippen molar-refractivity contribution in [3.05, 3.63) is 47.7 Å². The third-order valence-electron chi connectivity index (χ3n) is 10.5. The van der Waals surface area contributed by atoms with Crippen molar-refractivity contribution >= 4 is 33.4 Å². The van der Waals surface area contributed by atoms with Crippen molar-refractivity contribution in [1.29, 1.82) is 0 Å². The third kappa shape index (κ3) is 6.03. The molecule has 8 rings (SSSR count). The van der Waals surface area contributed by atoms with Gasteiger partial charge in [0.15, 0.2) is 5.82 Å². The Balaban J connectivity index is 1.21. The molecule has 266 valence electrons. The lowest BCUT2D eigenvalue weighted by molar-refractivity contribution is -0.188. The number of carbonyl (C=O) groups is 1. The van der Waals surface area contributed by atoms with Gasteiger partial charge in [-0.15, -0.1) is 6.42 Å². The highest BCUT2D eigenvalue weighted by Crippen LogP contribution is 2.47. The normalized spacial score (nSPS) is 21.6. The molecule has 5 heterocycles. The maximum Gasteiger partial charge on any atom is 0.471 e. The molecule has 1 N–H and O–H groups in total. The van der Waals surface area contributed by atoms with Crippen LogP contribution in [0, 0.1) is 29.4 Å². The molecule has 0 spiro atoms. The number of pyridine rings is 1. The highest BCUT2D eigenvalue weighted by molar-refractivity contribution is 6.03. The van der Waals surface area contributed by atoms with Crippen molar-refractivity contribution in [3.8, 4) is 35.4 Å². The van der Waals surface area contributed by atoms with E-state index < -0.39 is 35.8 Å². The molecule has 0 radical (unpaired) electrons. The molecule has 3 saturated heterocycles. The lowest BCUT2D eigenvalue weighted by Crippen LogP contribution is -2.59. The van der Waals surface area contributed by atoms with Gasteiger partial charge in [-0.1, -0.05) is 12.0 Å². The number of morpholine rings is 1. The monoisotopic (exact) mass is 708 g/mol. The Morgan fingerprint density at radius 3 is 2.49 bits per heavy atom. The van der Waals surface area contributed by atoms with Crippen LogP contribution in [-0.2, 0) is 9.53 Å². The molecule has 1 aliphatic carbocycles. The number of nitrogens with zero attached hydrogens (tertiary/aromatic N) is 6. The van der Waals surface area contributed by atoms with Crippen molar-refractivity contribution in [2.75, 3.05) is 57.4 Å². The molecule has 2 bridgehead atoms. The molecule has 51 heavy (non-hydrogen) atoms. The van der Waals surface area contributed by atoms with Crippen molar-refractivity contribution < 1.29 is 41.3 Å². The lowest BCUT2D eigenvalue weighted by atomic mass is 9.96. The van der Waals surface area contributed by atoms with E-state index >= 15 is 4.39 Å². The minimum absolute atomic E-state index is 0.0240. The second-order valence-corrected chi connectivity index (χ2v) is 13.8. The number of fused-ring (bicyclic) bond motifs is 4. The molecule has 1 saturated carbocycles. The lowest BCUT2D eigenvalue weighted by Gasteiger charge is -2.42. The number of phenolic OH excluding ortho intramolecular Hbond substituents is 1. The van der Waals surface area contributed by atoms with Gasteiger partial charge in [-0.3, -0.25) is 14.7 Å². The van der Waals surface area contributed by atoms with Crippen LogP contribution >= 0.6 is 0 Å². The van der Waals surface area contributed by atoms with E-state index in [2.05, 4.69) is 25.8 Å². The second-order valence-electron chi connectivity index (χ2n) is 13.8. The molecule has 1 amide bonds. The first-order chi connectivity index (χ1) is 24.4. The summed E-state index contributed by atoms with van der Waals surface area (Å²) in [7, 11) is 0. The van der Waals surface area contributed by atoms with Crippen molar-refractivity contribution in [2.45, 2.75) is 43.9 Å². The number of hydrogen-bond acceptors (Lipinski definition) is 9. The zero-order valence-corrected chi connectivity index (χ0v) is 27.3. The van der Waals surface area contributed by atoms with Gasteiger partial charge in [-0.05, 0) is 49.3 Å². The number of aromatic hydroxyl groups is 1. The average Bonchev–Trinajstić information content (AvgIpc) is 3.82. The van der Waals surface area contributed by atoms with Crippen LogP contribution in [0.2, 0.25) is 0 Å². The summed E-state index contributed by atoms with van der Waals surface area (Å²) in [6.45, 7) is 4.01. The number of hydrogen-bond donors (Lipinski definition) is 1. The van der Waals surface area contributed by atoms with Crippen molar-refractivity contribution in [1.82, 2.24) is 24.8 Å². The average molecular weight is 709 g/mol. The first-order valence-corrected chi connectivity index (χ1v) is 16.8. The molecular weight excluding hydrogens is 675 g/mol. The van der Waals surface area contributed by atoms with Crippen LogP contribution in [0.3, 0.4) is 0 Å². The SMILES string of the molecule is C#Cc1c(F)ccc2cc(O)cc(-c3ncc4c(N5C[C@H]6CC[C@@H](C5)N6C(=O)C(F)(F)F)nc(OCC5(CN6CCOCC6)CC5)nc4c3F)c12. The molecule has 3 aliphatic heterocycles. The summed E-state index contributed by atoms with van der Waals surface area (Å²) in [6, 6.07) is 3.62. The van der Waals surface area contributed by atoms with Crippen molar-refractivity contribution in [3.63, 3.8) is 0 Å². The zero-order chi connectivity index (χ0) is 35.7. The maximum atomic E-state index is 16.9. The fourth-order valence-electron chi connectivity index (χ4n) is 7.80. The minimum atomic E-state index is -5.01. The number of alkyl halides is 3. The standard InChI is InChI=1S/C36H33F5N6O4/c1-2-24-27(37)6-3-20-13-23(48)14-25(28(20)24)30-29(38)31-26(15-42-30)32(46-16-21-4-5-22(17-46)47(21)33(49)36(39,40)41)44-34(43-31)51-19-35(7-8-35)18-45-9-11-50-12-10-45/h1,3,6,13-15,21-22,48H,4-5,7-12,16-19H2/t21-,22+. The number of rotatable bonds is 7. The Kier molecular flexibility index (Phi) is 8.14. The van der Waals surface area contributed by atoms with Gasteiger partial charge in [0.25, 0.3) is 0 Å². The Bertz CT molecular complexity index is 2080. The van der Waals surface area contributed by atoms with Crippen LogP contribution in [0.4, 0.5) is 27.8 Å². The van der Waals surface area contributed by atoms with Gasteiger partial charge in [0, 0.05) is 55.3 Å². The second kappa shape index (κ2) is 12.4. The molecule has 2 aromatic carbocycles.